The van der Waals surface area contributed by atoms with E-state index in [-0.39, 0.29) is 0 Å². The first-order chi connectivity index (χ1) is 8.38. The van der Waals surface area contributed by atoms with Gasteiger partial charge in [-0.05, 0) is 38.3 Å². The van der Waals surface area contributed by atoms with Gasteiger partial charge in [-0.25, -0.2) is 0 Å². The van der Waals surface area contributed by atoms with E-state index in [1.54, 1.807) is 0 Å². The first-order valence-corrected chi connectivity index (χ1v) is 7.02. The van der Waals surface area contributed by atoms with E-state index in [0.29, 0.717) is 6.61 Å². The third-order valence-corrected chi connectivity index (χ3v) is 3.95. The Morgan fingerprint density at radius 1 is 1.00 bits per heavy atom. The summed E-state index contributed by atoms with van der Waals surface area (Å²) >= 11 is 0. The Kier molecular flexibility index (Phi) is 5.71. The number of aliphatic hydroxyl groups is 1. The van der Waals surface area contributed by atoms with Crippen molar-refractivity contribution < 1.29 is 9.84 Å². The number of ether oxygens (including phenoxy) is 1. The van der Waals surface area contributed by atoms with Crippen molar-refractivity contribution in [1.29, 1.82) is 0 Å². The minimum absolute atomic E-state index is 0.292. The number of hydrogen-bond donors (Lipinski definition) is 1. The number of rotatable bonds is 4. The summed E-state index contributed by atoms with van der Waals surface area (Å²) in [6.07, 6.45) is 3.71. The van der Waals surface area contributed by atoms with Crippen LogP contribution < -0.4 is 0 Å². The van der Waals surface area contributed by atoms with Crippen LogP contribution in [0.4, 0.5) is 0 Å². The van der Waals surface area contributed by atoms with Crippen molar-refractivity contribution in [3.63, 3.8) is 0 Å². The molecule has 0 amide bonds. The summed E-state index contributed by atoms with van der Waals surface area (Å²) in [6, 6.07) is 0. The molecule has 0 aliphatic carbocycles. The Morgan fingerprint density at radius 2 is 1.71 bits per heavy atom. The van der Waals surface area contributed by atoms with Crippen LogP contribution in [0.25, 0.3) is 0 Å². The summed E-state index contributed by atoms with van der Waals surface area (Å²) in [7, 11) is 0. The molecule has 17 heavy (non-hydrogen) atoms. The molecule has 2 fully saturated rings. The van der Waals surface area contributed by atoms with E-state index >= 15 is 0 Å². The molecule has 0 unspecified atom stereocenters. The van der Waals surface area contributed by atoms with Crippen LogP contribution in [0.15, 0.2) is 0 Å². The molecule has 4 heteroatoms. The van der Waals surface area contributed by atoms with Crippen LogP contribution in [-0.4, -0.2) is 74.0 Å². The molecule has 4 nitrogen and oxygen atoms in total. The molecule has 1 N–H and O–H groups in total. The Hall–Kier alpha value is -0.160. The van der Waals surface area contributed by atoms with Crippen molar-refractivity contribution in [2.24, 2.45) is 5.92 Å². The third-order valence-electron chi connectivity index (χ3n) is 3.95. The lowest BCUT2D eigenvalue weighted by Gasteiger charge is -2.28. The van der Waals surface area contributed by atoms with Gasteiger partial charge in [0.1, 0.15) is 0 Å². The lowest BCUT2D eigenvalue weighted by molar-refractivity contribution is 0.0529. The summed E-state index contributed by atoms with van der Waals surface area (Å²) in [5.74, 6) is 0.841. The second-order valence-electron chi connectivity index (χ2n) is 5.28. The fourth-order valence-electron chi connectivity index (χ4n) is 2.87. The first kappa shape index (κ1) is 13.3. The molecular formula is C13H26N2O2. The zero-order chi connectivity index (χ0) is 11.9. The van der Waals surface area contributed by atoms with E-state index in [4.69, 9.17) is 9.84 Å². The van der Waals surface area contributed by atoms with E-state index in [9.17, 15) is 0 Å². The van der Waals surface area contributed by atoms with Crippen molar-refractivity contribution in [1.82, 2.24) is 9.80 Å². The average molecular weight is 242 g/mol. The number of aliphatic hydroxyl groups excluding tert-OH is 1. The first-order valence-electron chi connectivity index (χ1n) is 7.02. The van der Waals surface area contributed by atoms with Crippen LogP contribution in [0.2, 0.25) is 0 Å². The van der Waals surface area contributed by atoms with Crippen LogP contribution in [0, 0.1) is 5.92 Å². The number of nitrogens with zero attached hydrogens (tertiary/aromatic N) is 2. The molecule has 2 heterocycles. The minimum atomic E-state index is 0.292. The average Bonchev–Trinajstić information content (AvgIpc) is 2.57. The van der Waals surface area contributed by atoms with Crippen LogP contribution in [-0.2, 0) is 4.74 Å². The van der Waals surface area contributed by atoms with Crippen LogP contribution in [0.1, 0.15) is 19.3 Å². The third kappa shape index (κ3) is 4.54. The van der Waals surface area contributed by atoms with Crippen molar-refractivity contribution in [3.05, 3.63) is 0 Å². The molecule has 2 saturated heterocycles. The van der Waals surface area contributed by atoms with E-state index in [0.717, 1.165) is 45.3 Å². The summed E-state index contributed by atoms with van der Waals surface area (Å²) < 4.78 is 5.41. The Morgan fingerprint density at radius 3 is 2.47 bits per heavy atom. The smallest absolute Gasteiger partial charge is 0.0558 e. The van der Waals surface area contributed by atoms with Gasteiger partial charge in [0.25, 0.3) is 0 Å². The second-order valence-corrected chi connectivity index (χ2v) is 5.28. The molecule has 0 aromatic heterocycles. The predicted molar refractivity (Wildman–Crippen MR) is 68.1 cm³/mol. The second kappa shape index (κ2) is 7.31. The van der Waals surface area contributed by atoms with Gasteiger partial charge < -0.3 is 14.7 Å². The molecule has 2 aliphatic rings. The predicted octanol–water partition coefficient (Wildman–Crippen LogP) is 0.413. The zero-order valence-electron chi connectivity index (χ0n) is 10.8. The van der Waals surface area contributed by atoms with Gasteiger partial charge in [0.15, 0.2) is 0 Å². The summed E-state index contributed by atoms with van der Waals surface area (Å²) in [6.45, 7) is 8.93. The van der Waals surface area contributed by atoms with Gasteiger partial charge in [-0.2, -0.15) is 0 Å². The molecule has 0 aromatic carbocycles. The van der Waals surface area contributed by atoms with Gasteiger partial charge in [0, 0.05) is 39.4 Å². The van der Waals surface area contributed by atoms with Gasteiger partial charge in [0.05, 0.1) is 6.61 Å². The minimum Gasteiger partial charge on any atom is -0.395 e. The van der Waals surface area contributed by atoms with Crippen molar-refractivity contribution in [3.8, 4) is 0 Å². The maximum Gasteiger partial charge on any atom is 0.0558 e. The molecule has 100 valence electrons. The molecule has 0 radical (unpaired) electrons. The molecule has 0 saturated carbocycles. The lowest BCUT2D eigenvalue weighted by atomic mass is 10.00. The van der Waals surface area contributed by atoms with E-state index < -0.39 is 0 Å². The summed E-state index contributed by atoms with van der Waals surface area (Å²) in [5, 5.41) is 8.97. The molecule has 2 aliphatic heterocycles. The standard InChI is InChI=1S/C13H26N2O2/c16-9-8-14-4-1-5-15(7-6-14)12-13-2-10-17-11-3-13/h13,16H,1-12H2. The van der Waals surface area contributed by atoms with Crippen molar-refractivity contribution in [2.45, 2.75) is 19.3 Å². The maximum atomic E-state index is 8.97. The zero-order valence-corrected chi connectivity index (χ0v) is 10.8. The van der Waals surface area contributed by atoms with Gasteiger partial charge in [-0.15, -0.1) is 0 Å². The monoisotopic (exact) mass is 242 g/mol. The highest BCUT2D eigenvalue weighted by atomic mass is 16.5. The molecule has 0 bridgehead atoms. The molecule has 0 aromatic rings. The fourth-order valence-corrected chi connectivity index (χ4v) is 2.87. The SMILES string of the molecule is OCCN1CCCN(CC2CCOCC2)CC1. The normalized spacial score (nSPS) is 25.9. The van der Waals surface area contributed by atoms with E-state index in [2.05, 4.69) is 9.80 Å². The van der Waals surface area contributed by atoms with Crippen LogP contribution in [0.5, 0.6) is 0 Å². The lowest BCUT2D eigenvalue weighted by Crippen LogP contribution is -2.36. The Balaban J connectivity index is 1.70. The fraction of sp³-hybridized carbons (Fsp3) is 1.00. The highest BCUT2D eigenvalue weighted by Crippen LogP contribution is 2.17. The maximum absolute atomic E-state index is 8.97. The van der Waals surface area contributed by atoms with Gasteiger partial charge in [0.2, 0.25) is 0 Å². The molecule has 0 spiro atoms. The number of hydrogen-bond acceptors (Lipinski definition) is 4. The largest absolute Gasteiger partial charge is 0.395 e. The topological polar surface area (TPSA) is 35.9 Å². The van der Waals surface area contributed by atoms with Crippen LogP contribution >= 0.6 is 0 Å². The van der Waals surface area contributed by atoms with E-state index in [1.807, 2.05) is 0 Å². The summed E-state index contributed by atoms with van der Waals surface area (Å²) in [4.78, 5) is 4.98. The van der Waals surface area contributed by atoms with Gasteiger partial charge >= 0.3 is 0 Å². The molecule has 0 atom stereocenters. The van der Waals surface area contributed by atoms with Crippen molar-refractivity contribution >= 4 is 0 Å². The van der Waals surface area contributed by atoms with Crippen molar-refractivity contribution in [2.75, 3.05) is 59.1 Å². The highest BCUT2D eigenvalue weighted by Gasteiger charge is 2.19. The van der Waals surface area contributed by atoms with Gasteiger partial charge in [-0.1, -0.05) is 0 Å². The Bertz CT molecular complexity index is 208. The number of β-amino-alcohol motifs (C(OH)–C–C–N with tert-alkyl or cyclic N) is 1. The molecule has 2 rings (SSSR count). The quantitative estimate of drug-likeness (QED) is 0.775. The molecular weight excluding hydrogens is 216 g/mol. The van der Waals surface area contributed by atoms with Crippen LogP contribution in [0.3, 0.4) is 0 Å². The Labute approximate surface area is 105 Å². The van der Waals surface area contributed by atoms with E-state index in [1.165, 1.54) is 32.4 Å². The highest BCUT2D eigenvalue weighted by molar-refractivity contribution is 4.73. The summed E-state index contributed by atoms with van der Waals surface area (Å²) in [5.41, 5.74) is 0. The van der Waals surface area contributed by atoms with Gasteiger partial charge in [-0.3, -0.25) is 4.90 Å².